The van der Waals surface area contributed by atoms with Gasteiger partial charge in [0.25, 0.3) is 0 Å². The number of nitrogens with zero attached hydrogens (tertiary/aromatic N) is 3. The minimum absolute atomic E-state index is 0.0396. The number of aromatic nitrogens is 2. The molecule has 1 aliphatic rings. The van der Waals surface area contributed by atoms with E-state index in [-0.39, 0.29) is 35.6 Å². The van der Waals surface area contributed by atoms with Crippen molar-refractivity contribution < 1.29 is 9.59 Å². The number of likely N-dealkylation sites (tertiary alicyclic amines) is 1. The third-order valence-corrected chi connectivity index (χ3v) is 4.71. The van der Waals surface area contributed by atoms with E-state index >= 15 is 0 Å². The average molecular weight is 310 g/mol. The second kappa shape index (κ2) is 5.71. The summed E-state index contributed by atoms with van der Waals surface area (Å²) in [5.41, 5.74) is -0.0849. The van der Waals surface area contributed by atoms with E-state index in [1.807, 2.05) is 13.8 Å². The van der Waals surface area contributed by atoms with Crippen LogP contribution in [0.3, 0.4) is 0 Å². The maximum Gasteiger partial charge on any atom is 0.231 e. The van der Waals surface area contributed by atoms with Gasteiger partial charge in [0.2, 0.25) is 16.9 Å². The van der Waals surface area contributed by atoms with Gasteiger partial charge in [0.05, 0.1) is 5.92 Å². The highest BCUT2D eigenvalue weighted by Gasteiger charge is 2.35. The Balaban J connectivity index is 2.00. The lowest BCUT2D eigenvalue weighted by atomic mass is 9.98. The molecular weight excluding hydrogens is 288 g/mol. The largest absolute Gasteiger partial charge is 0.339 e. The van der Waals surface area contributed by atoms with Gasteiger partial charge in [-0.15, -0.1) is 10.2 Å². The van der Waals surface area contributed by atoms with Crippen LogP contribution in [0, 0.1) is 5.92 Å². The monoisotopic (exact) mass is 310 g/mol. The van der Waals surface area contributed by atoms with Gasteiger partial charge in [0.1, 0.15) is 5.01 Å². The molecule has 0 aliphatic carbocycles. The minimum atomic E-state index is -0.304. The van der Waals surface area contributed by atoms with Crippen molar-refractivity contribution in [3.8, 4) is 0 Å². The van der Waals surface area contributed by atoms with Crippen LogP contribution in [0.25, 0.3) is 0 Å². The van der Waals surface area contributed by atoms with Crippen LogP contribution >= 0.6 is 11.3 Å². The number of hydrogen-bond acceptors (Lipinski definition) is 5. The highest BCUT2D eigenvalue weighted by atomic mass is 32.1. The Morgan fingerprint density at radius 1 is 1.38 bits per heavy atom. The van der Waals surface area contributed by atoms with Crippen LogP contribution < -0.4 is 5.32 Å². The molecule has 116 valence electrons. The van der Waals surface area contributed by atoms with E-state index in [0.717, 1.165) is 5.01 Å². The van der Waals surface area contributed by atoms with Crippen molar-refractivity contribution in [3.63, 3.8) is 0 Å². The van der Waals surface area contributed by atoms with Crippen LogP contribution in [0.5, 0.6) is 0 Å². The molecule has 0 unspecified atom stereocenters. The zero-order chi connectivity index (χ0) is 15.8. The molecule has 0 bridgehead atoms. The van der Waals surface area contributed by atoms with Crippen molar-refractivity contribution in [1.29, 1.82) is 0 Å². The molecule has 2 amide bonds. The highest BCUT2D eigenvalue weighted by molar-refractivity contribution is 7.15. The number of amides is 2. The van der Waals surface area contributed by atoms with Crippen molar-refractivity contribution in [2.75, 3.05) is 11.9 Å². The molecule has 2 heterocycles. The van der Waals surface area contributed by atoms with E-state index < -0.39 is 0 Å². The summed E-state index contributed by atoms with van der Waals surface area (Å²) in [4.78, 5) is 25.8. The van der Waals surface area contributed by atoms with Gasteiger partial charge in [0, 0.05) is 24.4 Å². The Hall–Kier alpha value is -1.50. The van der Waals surface area contributed by atoms with Gasteiger partial charge in [-0.25, -0.2) is 0 Å². The second-order valence-electron chi connectivity index (χ2n) is 6.69. The van der Waals surface area contributed by atoms with Gasteiger partial charge in [-0.2, -0.15) is 0 Å². The number of nitrogens with one attached hydrogen (secondary N) is 1. The first-order valence-corrected chi connectivity index (χ1v) is 7.94. The SMILES string of the molecule is CC(C)N1C[C@H](C(=O)Nc2nnc(C(C)(C)C)s2)CC1=O. The highest BCUT2D eigenvalue weighted by Crippen LogP contribution is 2.28. The zero-order valence-electron chi connectivity index (χ0n) is 13.1. The summed E-state index contributed by atoms with van der Waals surface area (Å²) in [5, 5.41) is 12.3. The summed E-state index contributed by atoms with van der Waals surface area (Å²) in [6.07, 6.45) is 0.273. The van der Waals surface area contributed by atoms with Gasteiger partial charge < -0.3 is 10.2 Å². The summed E-state index contributed by atoms with van der Waals surface area (Å²) in [7, 11) is 0. The van der Waals surface area contributed by atoms with Gasteiger partial charge in [0.15, 0.2) is 0 Å². The molecule has 1 aromatic heterocycles. The minimum Gasteiger partial charge on any atom is -0.339 e. The molecule has 7 heteroatoms. The lowest BCUT2D eigenvalue weighted by Crippen LogP contribution is -2.33. The predicted octanol–water partition coefficient (Wildman–Crippen LogP) is 2.03. The smallest absolute Gasteiger partial charge is 0.231 e. The number of carbonyl (C=O) groups excluding carboxylic acids is 2. The predicted molar refractivity (Wildman–Crippen MR) is 82.2 cm³/mol. The first-order chi connectivity index (χ1) is 9.68. The molecule has 1 N–H and O–H groups in total. The fourth-order valence-electron chi connectivity index (χ4n) is 2.19. The van der Waals surface area contributed by atoms with E-state index in [2.05, 4.69) is 36.3 Å². The van der Waals surface area contributed by atoms with E-state index in [0.29, 0.717) is 11.7 Å². The van der Waals surface area contributed by atoms with Gasteiger partial charge in [-0.05, 0) is 13.8 Å². The first kappa shape index (κ1) is 15.9. The lowest BCUT2D eigenvalue weighted by molar-refractivity contribution is -0.129. The van der Waals surface area contributed by atoms with E-state index in [1.165, 1.54) is 11.3 Å². The molecule has 0 radical (unpaired) electrons. The maximum atomic E-state index is 12.2. The van der Waals surface area contributed by atoms with Gasteiger partial charge >= 0.3 is 0 Å². The first-order valence-electron chi connectivity index (χ1n) is 7.13. The van der Waals surface area contributed by atoms with Crippen molar-refractivity contribution in [3.05, 3.63) is 5.01 Å². The van der Waals surface area contributed by atoms with Crippen LogP contribution in [0.15, 0.2) is 0 Å². The number of hydrogen-bond donors (Lipinski definition) is 1. The quantitative estimate of drug-likeness (QED) is 0.927. The fourth-order valence-corrected chi connectivity index (χ4v) is 2.99. The molecular formula is C14H22N4O2S. The third-order valence-electron chi connectivity index (χ3n) is 3.45. The van der Waals surface area contributed by atoms with E-state index in [4.69, 9.17) is 0 Å². The summed E-state index contributed by atoms with van der Waals surface area (Å²) in [6, 6.07) is 0.129. The number of anilines is 1. The van der Waals surface area contributed by atoms with E-state index in [9.17, 15) is 9.59 Å². The maximum absolute atomic E-state index is 12.2. The van der Waals surface area contributed by atoms with Crippen LogP contribution in [0.1, 0.15) is 46.0 Å². The standard InChI is InChI=1S/C14H22N4O2S/c1-8(2)18-7-9(6-10(18)19)11(20)15-13-17-16-12(21-13)14(3,4)5/h8-9H,6-7H2,1-5H3,(H,15,17,20)/t9-/m1/s1. The second-order valence-corrected chi connectivity index (χ2v) is 7.67. The van der Waals surface area contributed by atoms with Crippen molar-refractivity contribution in [2.45, 2.75) is 52.5 Å². The number of carbonyl (C=O) groups is 2. The molecule has 0 saturated carbocycles. The Morgan fingerprint density at radius 3 is 2.52 bits per heavy atom. The molecule has 1 fully saturated rings. The summed E-state index contributed by atoms with van der Waals surface area (Å²) in [5.74, 6) is -0.414. The molecule has 0 aromatic carbocycles. The topological polar surface area (TPSA) is 75.2 Å². The Labute approximate surface area is 128 Å². The van der Waals surface area contributed by atoms with Crippen molar-refractivity contribution in [2.24, 2.45) is 5.92 Å². The average Bonchev–Trinajstić information content (AvgIpc) is 2.94. The van der Waals surface area contributed by atoms with Crippen LogP contribution in [0.2, 0.25) is 0 Å². The molecule has 1 aromatic rings. The van der Waals surface area contributed by atoms with Crippen LogP contribution in [0.4, 0.5) is 5.13 Å². The number of rotatable bonds is 3. The van der Waals surface area contributed by atoms with Gasteiger partial charge in [-0.1, -0.05) is 32.1 Å². The fraction of sp³-hybridized carbons (Fsp3) is 0.714. The molecule has 2 rings (SSSR count). The third kappa shape index (κ3) is 3.58. The Bertz CT molecular complexity index is 547. The lowest BCUT2D eigenvalue weighted by Gasteiger charge is -2.20. The van der Waals surface area contributed by atoms with Crippen molar-refractivity contribution in [1.82, 2.24) is 15.1 Å². The molecule has 0 spiro atoms. The van der Waals surface area contributed by atoms with Gasteiger partial charge in [-0.3, -0.25) is 9.59 Å². The summed E-state index contributed by atoms with van der Waals surface area (Å²) < 4.78 is 0. The molecule has 1 aliphatic heterocycles. The Kier molecular flexibility index (Phi) is 4.32. The van der Waals surface area contributed by atoms with Crippen LogP contribution in [-0.4, -0.2) is 39.5 Å². The van der Waals surface area contributed by atoms with Crippen LogP contribution in [-0.2, 0) is 15.0 Å². The normalized spacial score (nSPS) is 19.4. The Morgan fingerprint density at radius 2 is 2.05 bits per heavy atom. The zero-order valence-corrected chi connectivity index (χ0v) is 14.0. The van der Waals surface area contributed by atoms with Crippen molar-refractivity contribution >= 4 is 28.3 Å². The molecule has 1 saturated heterocycles. The summed E-state index contributed by atoms with van der Waals surface area (Å²) in [6.45, 7) is 10.5. The summed E-state index contributed by atoms with van der Waals surface area (Å²) >= 11 is 1.38. The molecule has 1 atom stereocenters. The van der Waals surface area contributed by atoms with E-state index in [1.54, 1.807) is 4.90 Å². The molecule has 6 nitrogen and oxygen atoms in total. The molecule has 21 heavy (non-hydrogen) atoms.